The number of carbonyl (C=O) groups is 2. The molecule has 2 amide bonds. The molecule has 6 heteroatoms. The van der Waals surface area contributed by atoms with Crippen molar-refractivity contribution in [3.05, 3.63) is 58.1 Å². The molecule has 120 valence electrons. The van der Waals surface area contributed by atoms with E-state index >= 15 is 0 Å². The van der Waals surface area contributed by atoms with Crippen molar-refractivity contribution in [3.8, 4) is 0 Å². The van der Waals surface area contributed by atoms with E-state index in [9.17, 15) is 9.59 Å². The second kappa shape index (κ2) is 7.49. The van der Waals surface area contributed by atoms with Gasteiger partial charge in [-0.15, -0.1) is 0 Å². The smallest absolute Gasteiger partial charge is 0.316 e. The lowest BCUT2D eigenvalue weighted by Crippen LogP contribution is -2.39. The number of amides is 2. The number of hydrogen-bond acceptors (Lipinski definition) is 2. The maximum absolute atomic E-state index is 12.4. The van der Waals surface area contributed by atoms with Crippen molar-refractivity contribution in [1.82, 2.24) is 0 Å². The van der Waals surface area contributed by atoms with Gasteiger partial charge in [0.1, 0.15) is 0 Å². The molecule has 0 fully saturated rings. The lowest BCUT2D eigenvalue weighted by atomic mass is 10.2. The molecule has 0 spiro atoms. The fraction of sp³-hybridized carbons (Fsp3) is 0.176. The molecule has 0 unspecified atom stereocenters. The van der Waals surface area contributed by atoms with E-state index in [1.54, 1.807) is 18.2 Å². The number of likely N-dealkylation sites (N-methyl/N-ethyl adjacent to an activating group) is 1. The standard InChI is InChI=1S/C17H16Cl2N2O2/c1-3-21(13-6-4-5-11(2)9-13)17(23)16(22)20-15-8-7-12(18)10-14(15)19/h4-10H,3H2,1-2H3,(H,20,22). The summed E-state index contributed by atoms with van der Waals surface area (Å²) >= 11 is 11.8. The van der Waals surface area contributed by atoms with Crippen LogP contribution in [0.15, 0.2) is 42.5 Å². The predicted molar refractivity (Wildman–Crippen MR) is 94.3 cm³/mol. The van der Waals surface area contributed by atoms with Crippen molar-refractivity contribution in [2.45, 2.75) is 13.8 Å². The minimum atomic E-state index is -0.752. The summed E-state index contributed by atoms with van der Waals surface area (Å²) in [5.41, 5.74) is 2.03. The van der Waals surface area contributed by atoms with E-state index in [1.165, 1.54) is 11.0 Å². The number of hydrogen-bond donors (Lipinski definition) is 1. The highest BCUT2D eigenvalue weighted by Crippen LogP contribution is 2.25. The van der Waals surface area contributed by atoms with Crippen molar-refractivity contribution in [2.24, 2.45) is 0 Å². The van der Waals surface area contributed by atoms with Crippen LogP contribution in [0.3, 0.4) is 0 Å². The molecule has 0 heterocycles. The number of rotatable bonds is 3. The molecule has 23 heavy (non-hydrogen) atoms. The summed E-state index contributed by atoms with van der Waals surface area (Å²) < 4.78 is 0. The quantitative estimate of drug-likeness (QED) is 0.839. The Morgan fingerprint density at radius 3 is 2.48 bits per heavy atom. The fourth-order valence-electron chi connectivity index (χ4n) is 2.13. The van der Waals surface area contributed by atoms with Crippen molar-refractivity contribution >= 4 is 46.4 Å². The molecule has 0 aliphatic rings. The third-order valence-electron chi connectivity index (χ3n) is 3.25. The molecule has 2 rings (SSSR count). The van der Waals surface area contributed by atoms with Crippen LogP contribution in [-0.2, 0) is 9.59 Å². The Balaban J connectivity index is 2.19. The van der Waals surface area contributed by atoms with Gasteiger partial charge in [0, 0.05) is 17.3 Å². The van der Waals surface area contributed by atoms with Gasteiger partial charge in [-0.3, -0.25) is 9.59 Å². The number of nitrogens with one attached hydrogen (secondary N) is 1. The summed E-state index contributed by atoms with van der Waals surface area (Å²) in [7, 11) is 0. The summed E-state index contributed by atoms with van der Waals surface area (Å²) in [5, 5.41) is 3.24. The normalized spacial score (nSPS) is 10.3. The van der Waals surface area contributed by atoms with Gasteiger partial charge in [-0.2, -0.15) is 0 Å². The van der Waals surface area contributed by atoms with E-state index in [-0.39, 0.29) is 5.02 Å². The van der Waals surface area contributed by atoms with Gasteiger partial charge in [0.2, 0.25) is 0 Å². The zero-order valence-corrected chi connectivity index (χ0v) is 14.3. The minimum Gasteiger partial charge on any atom is -0.316 e. The third kappa shape index (κ3) is 4.24. The van der Waals surface area contributed by atoms with E-state index in [0.717, 1.165) is 5.56 Å². The molecule has 0 radical (unpaired) electrons. The Kier molecular flexibility index (Phi) is 5.64. The Hall–Kier alpha value is -2.04. The molecule has 0 bridgehead atoms. The Bertz CT molecular complexity index is 747. The van der Waals surface area contributed by atoms with Crippen LogP contribution in [0.1, 0.15) is 12.5 Å². The molecule has 2 aromatic carbocycles. The fourth-order valence-corrected chi connectivity index (χ4v) is 2.58. The number of aryl methyl sites for hydroxylation is 1. The van der Waals surface area contributed by atoms with Gasteiger partial charge in [0.25, 0.3) is 0 Å². The van der Waals surface area contributed by atoms with Crippen LogP contribution in [0.2, 0.25) is 10.0 Å². The number of benzene rings is 2. The van der Waals surface area contributed by atoms with Gasteiger partial charge in [0.15, 0.2) is 0 Å². The number of nitrogens with zero attached hydrogens (tertiary/aromatic N) is 1. The average molecular weight is 351 g/mol. The van der Waals surface area contributed by atoms with E-state index in [4.69, 9.17) is 23.2 Å². The molecule has 0 aliphatic carbocycles. The van der Waals surface area contributed by atoms with E-state index in [0.29, 0.717) is 22.9 Å². The van der Waals surface area contributed by atoms with Crippen molar-refractivity contribution in [3.63, 3.8) is 0 Å². The van der Waals surface area contributed by atoms with Gasteiger partial charge < -0.3 is 10.2 Å². The topological polar surface area (TPSA) is 49.4 Å². The average Bonchev–Trinajstić information content (AvgIpc) is 2.50. The molecule has 0 saturated carbocycles. The zero-order chi connectivity index (χ0) is 17.0. The minimum absolute atomic E-state index is 0.275. The summed E-state index contributed by atoms with van der Waals surface area (Å²) in [6, 6.07) is 12.1. The zero-order valence-electron chi connectivity index (χ0n) is 12.8. The Labute approximate surface area is 145 Å². The largest absolute Gasteiger partial charge is 0.316 e. The van der Waals surface area contributed by atoms with Crippen LogP contribution in [0.25, 0.3) is 0 Å². The maximum atomic E-state index is 12.4. The SMILES string of the molecule is CCN(C(=O)C(=O)Nc1ccc(Cl)cc1Cl)c1cccc(C)c1. The second-order valence-corrected chi connectivity index (χ2v) is 5.81. The monoisotopic (exact) mass is 350 g/mol. The van der Waals surface area contributed by atoms with Crippen LogP contribution in [0.5, 0.6) is 0 Å². The summed E-state index contributed by atoms with van der Waals surface area (Å²) in [6.07, 6.45) is 0. The van der Waals surface area contributed by atoms with E-state index in [2.05, 4.69) is 5.32 Å². The maximum Gasteiger partial charge on any atom is 0.316 e. The molecule has 0 aromatic heterocycles. The third-order valence-corrected chi connectivity index (χ3v) is 3.80. The Morgan fingerprint density at radius 1 is 1.13 bits per heavy atom. The lowest BCUT2D eigenvalue weighted by molar-refractivity contribution is -0.134. The molecule has 2 aromatic rings. The molecular formula is C17H16Cl2N2O2. The molecular weight excluding hydrogens is 335 g/mol. The first-order valence-corrected chi connectivity index (χ1v) is 7.82. The van der Waals surface area contributed by atoms with Crippen molar-refractivity contribution < 1.29 is 9.59 Å². The Morgan fingerprint density at radius 2 is 1.87 bits per heavy atom. The predicted octanol–water partition coefficient (Wildman–Crippen LogP) is 4.29. The summed E-state index contributed by atoms with van der Waals surface area (Å²) in [4.78, 5) is 26.0. The second-order valence-electron chi connectivity index (χ2n) is 4.97. The molecule has 4 nitrogen and oxygen atoms in total. The van der Waals surface area contributed by atoms with Crippen LogP contribution in [-0.4, -0.2) is 18.4 Å². The summed E-state index contributed by atoms with van der Waals surface area (Å²) in [6.45, 7) is 4.11. The van der Waals surface area contributed by atoms with Crippen LogP contribution < -0.4 is 10.2 Å². The first-order valence-electron chi connectivity index (χ1n) is 7.07. The van der Waals surface area contributed by atoms with E-state index in [1.807, 2.05) is 32.0 Å². The van der Waals surface area contributed by atoms with Crippen molar-refractivity contribution in [2.75, 3.05) is 16.8 Å². The van der Waals surface area contributed by atoms with Crippen LogP contribution >= 0.6 is 23.2 Å². The number of anilines is 2. The molecule has 1 N–H and O–H groups in total. The van der Waals surface area contributed by atoms with E-state index < -0.39 is 11.8 Å². The van der Waals surface area contributed by atoms with Gasteiger partial charge in [-0.25, -0.2) is 0 Å². The summed E-state index contributed by atoms with van der Waals surface area (Å²) in [5.74, 6) is -1.40. The lowest BCUT2D eigenvalue weighted by Gasteiger charge is -2.21. The number of halogens is 2. The molecule has 0 atom stereocenters. The van der Waals surface area contributed by atoms with Crippen LogP contribution in [0, 0.1) is 6.92 Å². The highest BCUT2D eigenvalue weighted by molar-refractivity contribution is 6.45. The molecule has 0 saturated heterocycles. The first kappa shape index (κ1) is 17.3. The van der Waals surface area contributed by atoms with Gasteiger partial charge in [-0.1, -0.05) is 35.3 Å². The van der Waals surface area contributed by atoms with Gasteiger partial charge >= 0.3 is 11.8 Å². The van der Waals surface area contributed by atoms with Crippen LogP contribution in [0.4, 0.5) is 11.4 Å². The highest BCUT2D eigenvalue weighted by Gasteiger charge is 2.22. The highest BCUT2D eigenvalue weighted by atomic mass is 35.5. The van der Waals surface area contributed by atoms with Gasteiger partial charge in [-0.05, 0) is 49.7 Å². The van der Waals surface area contributed by atoms with Crippen molar-refractivity contribution in [1.29, 1.82) is 0 Å². The first-order chi connectivity index (χ1) is 10.9. The number of carbonyl (C=O) groups excluding carboxylic acids is 2. The van der Waals surface area contributed by atoms with Gasteiger partial charge in [0.05, 0.1) is 10.7 Å². The molecule has 0 aliphatic heterocycles.